The maximum Gasteiger partial charge on any atom is 0.425 e. The third-order valence-electron chi connectivity index (χ3n) is 9.70. The van der Waals surface area contributed by atoms with E-state index in [2.05, 4.69) is 40.9 Å². The van der Waals surface area contributed by atoms with Crippen LogP contribution in [0.2, 0.25) is 0 Å². The lowest BCUT2D eigenvalue weighted by atomic mass is 10.1. The predicted octanol–water partition coefficient (Wildman–Crippen LogP) is 7.23. The van der Waals surface area contributed by atoms with Gasteiger partial charge in [0.2, 0.25) is 0 Å². The maximum atomic E-state index is 13.0. The van der Waals surface area contributed by atoms with E-state index in [0.717, 1.165) is 48.5 Å². The van der Waals surface area contributed by atoms with Gasteiger partial charge in [0.25, 0.3) is 46.2 Å². The Morgan fingerprint density at radius 1 is 0.494 bits per heavy atom. The summed E-state index contributed by atoms with van der Waals surface area (Å²) in [5, 5.41) is 71.5. The molecular weight excluding hydrogens is 1180 g/mol. The zero-order chi connectivity index (χ0) is 59.1. The van der Waals surface area contributed by atoms with Crippen LogP contribution >= 0.6 is 0 Å². The van der Waals surface area contributed by atoms with Crippen molar-refractivity contribution in [2.24, 2.45) is 40.9 Å². The van der Waals surface area contributed by atoms with E-state index in [-0.39, 0.29) is 22.0 Å². The van der Waals surface area contributed by atoms with Crippen molar-refractivity contribution < 1.29 is 102 Å². The summed E-state index contributed by atoms with van der Waals surface area (Å²) in [5.74, 6) is -3.67. The minimum absolute atomic E-state index is 0.00672. The molecular formula is C39H26N10O24S6. The zero-order valence-electron chi connectivity index (χ0n) is 37.9. The molecule has 0 spiro atoms. The number of nitrogens with two attached hydrogens (primary N) is 1. The number of aromatic carboxylic acids is 1. The van der Waals surface area contributed by atoms with Crippen molar-refractivity contribution in [1.29, 1.82) is 0 Å². The van der Waals surface area contributed by atoms with Crippen LogP contribution in [-0.2, 0) is 61.7 Å². The molecule has 0 heterocycles. The lowest BCUT2D eigenvalue weighted by molar-refractivity contribution is -0.384. The van der Waals surface area contributed by atoms with E-state index in [4.69, 9.17) is 35.5 Å². The molecule has 412 valence electrons. The number of nitrogens with zero attached hydrogens (tertiary/aromatic N) is 9. The fraction of sp³-hybridized carbons (Fsp3) is 0. The van der Waals surface area contributed by atoms with Crippen molar-refractivity contribution in [2.75, 3.05) is 5.73 Å². The van der Waals surface area contributed by atoms with Crippen molar-refractivity contribution in [3.05, 3.63) is 119 Å². The van der Waals surface area contributed by atoms with Crippen LogP contribution < -0.4 is 5.73 Å². The van der Waals surface area contributed by atoms with Gasteiger partial charge in [-0.05, 0) is 84.9 Å². The van der Waals surface area contributed by atoms with E-state index in [1.165, 1.54) is 36.4 Å². The number of carboxylic acid groups (broad SMARTS) is 1. The van der Waals surface area contributed by atoms with Gasteiger partial charge in [0, 0.05) is 28.3 Å². The Morgan fingerprint density at radius 2 is 0.937 bits per heavy atom. The fourth-order valence-corrected chi connectivity index (χ4v) is 9.13. The highest BCUT2D eigenvalue weighted by atomic mass is 32.2. The molecule has 0 saturated carbocycles. The van der Waals surface area contributed by atoms with E-state index in [1.54, 1.807) is 0 Å². The molecule has 0 aliphatic heterocycles. The highest BCUT2D eigenvalue weighted by Crippen LogP contribution is 2.48. The fourth-order valence-electron chi connectivity index (χ4n) is 6.47. The summed E-state index contributed by atoms with van der Waals surface area (Å²) in [7, 11) is -26.8. The molecule has 0 saturated heterocycles. The van der Waals surface area contributed by atoms with Crippen LogP contribution in [0.3, 0.4) is 0 Å². The van der Waals surface area contributed by atoms with Gasteiger partial charge in [0.05, 0.1) is 43.5 Å². The first-order valence-corrected chi connectivity index (χ1v) is 27.6. The van der Waals surface area contributed by atoms with E-state index < -0.39 is 166 Å². The van der Waals surface area contributed by atoms with Gasteiger partial charge in [-0.3, -0.25) is 28.3 Å². The number of carbonyl (C=O) groups is 1. The predicted molar refractivity (Wildman–Crippen MR) is 264 cm³/mol. The number of nitro groups is 1. The number of azo groups is 4. The number of fused-ring (bicyclic) bond motifs is 2. The van der Waals surface area contributed by atoms with Gasteiger partial charge < -0.3 is 21.1 Å². The summed E-state index contributed by atoms with van der Waals surface area (Å²) in [6.45, 7) is 0. The first-order chi connectivity index (χ1) is 36.6. The van der Waals surface area contributed by atoms with Crippen molar-refractivity contribution in [3.8, 4) is 11.5 Å². The monoisotopic (exact) mass is 1210 g/mol. The largest absolute Gasteiger partial charge is 0.505 e. The molecule has 0 amide bonds. The van der Waals surface area contributed by atoms with E-state index >= 15 is 0 Å². The summed E-state index contributed by atoms with van der Waals surface area (Å²) < 4.78 is 189. The van der Waals surface area contributed by atoms with Gasteiger partial charge in [-0.15, -0.1) is 50.8 Å². The highest BCUT2D eigenvalue weighted by molar-refractivity contribution is 7.87. The number of hydrogen-bond donors (Lipinski definition) is 8. The molecule has 79 heavy (non-hydrogen) atoms. The molecule has 7 aromatic rings. The quantitative estimate of drug-likeness (QED) is 0.0175. The van der Waals surface area contributed by atoms with Crippen LogP contribution in [0, 0.1) is 10.1 Å². The minimum Gasteiger partial charge on any atom is -0.505 e. The maximum absolute atomic E-state index is 13.0. The van der Waals surface area contributed by atoms with Crippen molar-refractivity contribution >= 4 is 146 Å². The number of benzene rings is 7. The van der Waals surface area contributed by atoms with Crippen LogP contribution in [-0.4, -0.2) is 103 Å². The Kier molecular flexibility index (Phi) is 18.3. The van der Waals surface area contributed by atoms with Crippen molar-refractivity contribution in [2.45, 2.75) is 19.6 Å². The molecule has 0 aromatic heterocycles. The molecule has 7 aromatic carbocycles. The number of nitro benzene ring substituents is 1. The van der Waals surface area contributed by atoms with Gasteiger partial charge in [-0.2, -0.15) is 49.0 Å². The van der Waals surface area contributed by atoms with Crippen molar-refractivity contribution in [1.82, 2.24) is 0 Å². The average molecular weight is 1210 g/mol. The third-order valence-corrected chi connectivity index (χ3v) is 13.3. The zero-order valence-corrected chi connectivity index (χ0v) is 42.8. The molecule has 0 aliphatic rings. The first kappa shape index (κ1) is 60.5. The lowest BCUT2D eigenvalue weighted by Crippen LogP contribution is -2.03. The van der Waals surface area contributed by atoms with Gasteiger partial charge >= 0.3 is 27.2 Å². The number of anilines is 1. The molecule has 0 bridgehead atoms. The second-order valence-electron chi connectivity index (χ2n) is 14.6. The standard InChI is InChI=1S/C39H26N10O18S4.2O3S/c40-34-30(17-31(69(59,60)61)24-11-13-28(37(51)33(24)34)45-44-27-12-7-21(49(54)55)15-26(27)39(52)53)47-46-29-14-10-23-25(38(29)71(65,66)67)16-32(70(62,63)64)35(36(23)50)48-43-19-3-1-18(2-4-19)41-42-20-5-8-22(9-6-20)68(56,57)58;2*1-4(2)3/h1-17,50-51H,40H2,(H,52,53)(H,56,57,58)(H,59,60,61)(H,62,63,64)(H,65,66,67);;. The van der Waals surface area contributed by atoms with Gasteiger partial charge in [0.1, 0.15) is 43.1 Å². The molecule has 7 rings (SSSR count). The molecule has 34 nitrogen and oxygen atoms in total. The van der Waals surface area contributed by atoms with Crippen LogP contribution in [0.4, 0.5) is 56.9 Å². The Bertz CT molecular complexity index is 4490. The molecule has 9 N–H and O–H groups in total. The SMILES string of the molecule is Nc1c(N=Nc2ccc3c(O)c(N=Nc4ccc(N=Nc5ccc(S(=O)(=O)O)cc5)cc4)c(S(=O)(=O)O)cc3c2S(=O)(=O)O)cc(S(=O)(=O)O)c2ccc(N=Nc3ccc([N+](=O)[O-])cc3C(=O)O)c(O)c12.O=S(=O)=O.O=S(=O)=O. The molecule has 40 heteroatoms. The molecule has 0 atom stereocenters. The lowest BCUT2D eigenvalue weighted by Gasteiger charge is -2.13. The van der Waals surface area contributed by atoms with Gasteiger partial charge in [0.15, 0.2) is 11.5 Å². The number of rotatable bonds is 14. The minimum atomic E-state index is -5.53. The number of phenolic OH excluding ortho intramolecular Hbond substituents is 2. The van der Waals surface area contributed by atoms with E-state index in [9.17, 15) is 77.6 Å². The molecule has 0 radical (unpaired) electrons. The second kappa shape index (κ2) is 23.9. The summed E-state index contributed by atoms with van der Waals surface area (Å²) in [4.78, 5) is 18.3. The van der Waals surface area contributed by atoms with Crippen LogP contribution in [0.1, 0.15) is 10.4 Å². The number of nitrogen functional groups attached to an aromatic ring is 1. The number of non-ortho nitro benzene ring substituents is 1. The summed E-state index contributed by atoms with van der Waals surface area (Å²) in [6.07, 6.45) is 0. The average Bonchev–Trinajstić information content (AvgIpc) is 3.49. The Labute approximate surface area is 442 Å². The van der Waals surface area contributed by atoms with Gasteiger partial charge in [-0.1, -0.05) is 6.07 Å². The number of carboxylic acids is 1. The normalized spacial score (nSPS) is 12.2. The first-order valence-electron chi connectivity index (χ1n) is 19.8. The Balaban J connectivity index is 0.00000134. The van der Waals surface area contributed by atoms with Gasteiger partial charge in [-0.25, -0.2) is 4.79 Å². The summed E-state index contributed by atoms with van der Waals surface area (Å²) in [5.41, 5.74) is 1.48. The third kappa shape index (κ3) is 15.2. The van der Waals surface area contributed by atoms with Crippen molar-refractivity contribution in [3.63, 3.8) is 0 Å². The van der Waals surface area contributed by atoms with Crippen LogP contribution in [0.5, 0.6) is 11.5 Å². The summed E-state index contributed by atoms with van der Waals surface area (Å²) >= 11 is 0. The molecule has 0 fully saturated rings. The van der Waals surface area contributed by atoms with Crippen LogP contribution in [0.15, 0.2) is 164 Å². The second-order valence-corrected chi connectivity index (χ2v) is 21.0. The van der Waals surface area contributed by atoms with Crippen LogP contribution in [0.25, 0.3) is 21.5 Å². The Morgan fingerprint density at radius 3 is 1.42 bits per heavy atom. The van der Waals surface area contributed by atoms with E-state index in [1.807, 2.05) is 0 Å². The number of aromatic hydroxyl groups is 2. The topological polar surface area (TPSA) is 566 Å². The smallest absolute Gasteiger partial charge is 0.425 e. The Hall–Kier alpha value is -9.39. The molecule has 0 unspecified atom stereocenters. The number of phenols is 2. The molecule has 0 aliphatic carbocycles. The van der Waals surface area contributed by atoms with E-state index in [0.29, 0.717) is 18.2 Å². The summed E-state index contributed by atoms with van der Waals surface area (Å²) in [6, 6.07) is 17.6. The highest BCUT2D eigenvalue weighted by Gasteiger charge is 2.29. The number of hydrogen-bond acceptors (Lipinski definition) is 28.